The standard InChI is InChI=1S/C13H19BrN4S/c1-3-15-11(12-13(14)16-17-18(12)2)8-4-6-10-7-5-9-19-10/h5,7,9,11,15H,3-4,6,8H2,1-2H3. The van der Waals surface area contributed by atoms with Gasteiger partial charge in [-0.25, -0.2) is 4.68 Å². The lowest BCUT2D eigenvalue weighted by Gasteiger charge is -2.17. The number of nitrogens with one attached hydrogen (secondary N) is 1. The van der Waals surface area contributed by atoms with Gasteiger partial charge in [-0.15, -0.1) is 16.4 Å². The van der Waals surface area contributed by atoms with Crippen molar-refractivity contribution in [2.75, 3.05) is 6.54 Å². The summed E-state index contributed by atoms with van der Waals surface area (Å²) in [6.07, 6.45) is 3.39. The first-order valence-electron chi connectivity index (χ1n) is 6.53. The van der Waals surface area contributed by atoms with Gasteiger partial charge in [-0.3, -0.25) is 0 Å². The Hall–Kier alpha value is -0.720. The van der Waals surface area contributed by atoms with Gasteiger partial charge in [-0.2, -0.15) is 0 Å². The highest BCUT2D eigenvalue weighted by Gasteiger charge is 2.18. The minimum Gasteiger partial charge on any atom is -0.309 e. The van der Waals surface area contributed by atoms with Crippen molar-refractivity contribution < 1.29 is 0 Å². The second kappa shape index (κ2) is 7.17. The monoisotopic (exact) mass is 342 g/mol. The Morgan fingerprint density at radius 2 is 2.37 bits per heavy atom. The van der Waals surface area contributed by atoms with Crippen molar-refractivity contribution in [3.8, 4) is 0 Å². The molecule has 2 aromatic rings. The summed E-state index contributed by atoms with van der Waals surface area (Å²) in [6.45, 7) is 3.07. The van der Waals surface area contributed by atoms with Crippen LogP contribution in [0.2, 0.25) is 0 Å². The number of halogens is 1. The fourth-order valence-electron chi connectivity index (χ4n) is 2.23. The zero-order valence-corrected chi connectivity index (χ0v) is 13.7. The van der Waals surface area contributed by atoms with E-state index in [4.69, 9.17) is 0 Å². The van der Waals surface area contributed by atoms with E-state index >= 15 is 0 Å². The molecule has 0 spiro atoms. The molecule has 1 unspecified atom stereocenters. The lowest BCUT2D eigenvalue weighted by molar-refractivity contribution is 0.465. The smallest absolute Gasteiger partial charge is 0.153 e. The van der Waals surface area contributed by atoms with Crippen LogP contribution in [0.5, 0.6) is 0 Å². The van der Waals surface area contributed by atoms with E-state index in [-0.39, 0.29) is 0 Å². The molecule has 0 amide bonds. The molecule has 0 aromatic carbocycles. The summed E-state index contributed by atoms with van der Waals surface area (Å²) in [4.78, 5) is 1.46. The number of aryl methyl sites for hydroxylation is 2. The van der Waals surface area contributed by atoms with Gasteiger partial charge >= 0.3 is 0 Å². The SMILES string of the molecule is CCNC(CCCc1cccs1)c1c(Br)nnn1C. The van der Waals surface area contributed by atoms with Gasteiger partial charge in [0, 0.05) is 11.9 Å². The normalized spacial score (nSPS) is 12.8. The molecule has 0 radical (unpaired) electrons. The first kappa shape index (κ1) is 14.7. The van der Waals surface area contributed by atoms with Crippen molar-refractivity contribution in [1.29, 1.82) is 0 Å². The number of thiophene rings is 1. The molecule has 0 aliphatic heterocycles. The predicted molar refractivity (Wildman–Crippen MR) is 82.4 cm³/mol. The summed E-state index contributed by atoms with van der Waals surface area (Å²) >= 11 is 5.32. The first-order chi connectivity index (χ1) is 9.22. The molecular weight excluding hydrogens is 324 g/mol. The quantitative estimate of drug-likeness (QED) is 0.839. The van der Waals surface area contributed by atoms with Crippen molar-refractivity contribution in [3.05, 3.63) is 32.7 Å². The molecule has 0 aliphatic carbocycles. The largest absolute Gasteiger partial charge is 0.309 e. The van der Waals surface area contributed by atoms with Crippen LogP contribution in [0.4, 0.5) is 0 Å². The molecule has 0 saturated heterocycles. The van der Waals surface area contributed by atoms with Gasteiger partial charge in [-0.05, 0) is 53.2 Å². The number of rotatable bonds is 7. The number of aromatic nitrogens is 3. The van der Waals surface area contributed by atoms with E-state index in [1.165, 1.54) is 4.88 Å². The molecule has 0 fully saturated rings. The van der Waals surface area contributed by atoms with Gasteiger partial charge in [0.05, 0.1) is 11.7 Å². The Bertz CT molecular complexity index is 475. The van der Waals surface area contributed by atoms with Crippen molar-refractivity contribution in [1.82, 2.24) is 20.3 Å². The van der Waals surface area contributed by atoms with Gasteiger partial charge < -0.3 is 5.32 Å². The Labute approximate surface area is 126 Å². The van der Waals surface area contributed by atoms with Crippen LogP contribution in [0, 0.1) is 0 Å². The van der Waals surface area contributed by atoms with Crippen LogP contribution in [-0.2, 0) is 13.5 Å². The van der Waals surface area contributed by atoms with Crippen LogP contribution in [-0.4, -0.2) is 21.5 Å². The zero-order chi connectivity index (χ0) is 13.7. The summed E-state index contributed by atoms with van der Waals surface area (Å²) in [5.74, 6) is 0. The maximum Gasteiger partial charge on any atom is 0.153 e. The molecule has 2 heterocycles. The Morgan fingerprint density at radius 3 is 2.95 bits per heavy atom. The van der Waals surface area contributed by atoms with Gasteiger partial charge in [0.25, 0.3) is 0 Å². The molecule has 2 rings (SSSR count). The Kier molecular flexibility index (Phi) is 5.54. The molecule has 1 N–H and O–H groups in total. The molecular formula is C13H19BrN4S. The summed E-state index contributed by atoms with van der Waals surface area (Å²) in [5.41, 5.74) is 1.13. The van der Waals surface area contributed by atoms with Crippen molar-refractivity contribution >= 4 is 27.3 Å². The van der Waals surface area contributed by atoms with Gasteiger partial charge in [-0.1, -0.05) is 18.2 Å². The van der Waals surface area contributed by atoms with Crippen LogP contribution in [0.15, 0.2) is 22.1 Å². The molecule has 2 aromatic heterocycles. The van der Waals surface area contributed by atoms with Gasteiger partial charge in [0.2, 0.25) is 0 Å². The van der Waals surface area contributed by atoms with Crippen LogP contribution >= 0.6 is 27.3 Å². The molecule has 104 valence electrons. The molecule has 0 saturated carbocycles. The zero-order valence-electron chi connectivity index (χ0n) is 11.3. The molecule has 4 nitrogen and oxygen atoms in total. The number of hydrogen-bond donors (Lipinski definition) is 1. The summed E-state index contributed by atoms with van der Waals surface area (Å²) in [6, 6.07) is 4.62. The minimum atomic E-state index is 0.305. The van der Waals surface area contributed by atoms with E-state index in [1.807, 2.05) is 23.1 Å². The van der Waals surface area contributed by atoms with E-state index in [0.717, 1.165) is 36.1 Å². The maximum absolute atomic E-state index is 4.07. The van der Waals surface area contributed by atoms with Crippen molar-refractivity contribution in [2.24, 2.45) is 7.05 Å². The highest BCUT2D eigenvalue weighted by Crippen LogP contribution is 2.25. The predicted octanol–water partition coefficient (Wildman–Crippen LogP) is 3.31. The minimum absolute atomic E-state index is 0.305. The molecule has 0 aliphatic rings. The lowest BCUT2D eigenvalue weighted by Crippen LogP contribution is -2.23. The van der Waals surface area contributed by atoms with E-state index in [0.29, 0.717) is 6.04 Å². The molecule has 6 heteroatoms. The molecule has 0 bridgehead atoms. The highest BCUT2D eigenvalue weighted by atomic mass is 79.9. The van der Waals surface area contributed by atoms with Crippen LogP contribution in [0.1, 0.15) is 36.4 Å². The number of nitrogens with zero attached hydrogens (tertiary/aromatic N) is 3. The van der Waals surface area contributed by atoms with Gasteiger partial charge in [0.1, 0.15) is 0 Å². The fraction of sp³-hybridized carbons (Fsp3) is 0.538. The lowest BCUT2D eigenvalue weighted by atomic mass is 10.1. The topological polar surface area (TPSA) is 42.7 Å². The Balaban J connectivity index is 1.96. The van der Waals surface area contributed by atoms with E-state index < -0.39 is 0 Å². The third kappa shape index (κ3) is 3.87. The van der Waals surface area contributed by atoms with E-state index in [9.17, 15) is 0 Å². The van der Waals surface area contributed by atoms with Gasteiger partial charge in [0.15, 0.2) is 4.60 Å². The summed E-state index contributed by atoms with van der Waals surface area (Å²) in [7, 11) is 1.94. The first-order valence-corrected chi connectivity index (χ1v) is 8.20. The maximum atomic E-state index is 4.07. The van der Waals surface area contributed by atoms with E-state index in [1.54, 1.807) is 0 Å². The third-order valence-electron chi connectivity index (χ3n) is 3.10. The second-order valence-corrected chi connectivity index (χ2v) is 6.25. The van der Waals surface area contributed by atoms with E-state index in [2.05, 4.69) is 56.0 Å². The Morgan fingerprint density at radius 1 is 1.53 bits per heavy atom. The number of hydrogen-bond acceptors (Lipinski definition) is 4. The van der Waals surface area contributed by atoms with Crippen LogP contribution in [0.3, 0.4) is 0 Å². The summed E-state index contributed by atoms with van der Waals surface area (Å²) in [5, 5.41) is 13.8. The molecule has 19 heavy (non-hydrogen) atoms. The fourth-order valence-corrected chi connectivity index (χ4v) is 3.58. The highest BCUT2D eigenvalue weighted by molar-refractivity contribution is 9.10. The van der Waals surface area contributed by atoms with Crippen molar-refractivity contribution in [3.63, 3.8) is 0 Å². The average molecular weight is 343 g/mol. The second-order valence-electron chi connectivity index (χ2n) is 4.47. The van der Waals surface area contributed by atoms with Crippen LogP contribution < -0.4 is 5.32 Å². The third-order valence-corrected chi connectivity index (χ3v) is 4.60. The van der Waals surface area contributed by atoms with Crippen molar-refractivity contribution in [2.45, 2.75) is 32.2 Å². The molecule has 1 atom stereocenters. The summed E-state index contributed by atoms with van der Waals surface area (Å²) < 4.78 is 2.69. The van der Waals surface area contributed by atoms with Crippen LogP contribution in [0.25, 0.3) is 0 Å². The average Bonchev–Trinajstić information content (AvgIpc) is 3.00.